The van der Waals surface area contributed by atoms with E-state index in [2.05, 4.69) is 0 Å². The lowest BCUT2D eigenvalue weighted by Gasteiger charge is -2.26. The van der Waals surface area contributed by atoms with Gasteiger partial charge in [0.25, 0.3) is 11.7 Å². The number of alkyl halides is 3. The van der Waals surface area contributed by atoms with Crippen molar-refractivity contribution < 1.29 is 37.3 Å². The van der Waals surface area contributed by atoms with Crippen molar-refractivity contribution in [3.63, 3.8) is 0 Å². The lowest BCUT2D eigenvalue weighted by molar-refractivity contribution is -0.137. The van der Waals surface area contributed by atoms with Gasteiger partial charge in [-0.2, -0.15) is 13.2 Å². The summed E-state index contributed by atoms with van der Waals surface area (Å²) < 4.78 is 50.2. The van der Waals surface area contributed by atoms with E-state index in [0.717, 1.165) is 34.7 Å². The second kappa shape index (κ2) is 10.2. The molecule has 1 aliphatic heterocycles. The third-order valence-corrected chi connectivity index (χ3v) is 6.45. The Bertz CT molecular complexity index is 1410. The smallest absolute Gasteiger partial charge is 0.416 e. The van der Waals surface area contributed by atoms with Gasteiger partial charge in [-0.3, -0.25) is 14.5 Å². The number of ketones is 1. The van der Waals surface area contributed by atoms with Crippen LogP contribution in [0, 0.1) is 0 Å². The minimum absolute atomic E-state index is 0.0291. The molecule has 4 rings (SSSR count). The molecule has 1 fully saturated rings. The van der Waals surface area contributed by atoms with E-state index < -0.39 is 35.2 Å². The van der Waals surface area contributed by atoms with Gasteiger partial charge < -0.3 is 14.6 Å². The Morgan fingerprint density at radius 3 is 2.21 bits per heavy atom. The second-order valence-corrected chi connectivity index (χ2v) is 9.10. The summed E-state index contributed by atoms with van der Waals surface area (Å²) in [6, 6.07) is 14.3. The number of nitrogens with zero attached hydrogens (tertiary/aromatic N) is 1. The molecule has 1 saturated heterocycles. The summed E-state index contributed by atoms with van der Waals surface area (Å²) >= 11 is 0. The van der Waals surface area contributed by atoms with Crippen molar-refractivity contribution in [3.8, 4) is 11.5 Å². The van der Waals surface area contributed by atoms with Gasteiger partial charge in [0.2, 0.25) is 0 Å². The van der Waals surface area contributed by atoms with Gasteiger partial charge >= 0.3 is 6.18 Å². The van der Waals surface area contributed by atoms with Crippen LogP contribution in [-0.4, -0.2) is 31.0 Å². The van der Waals surface area contributed by atoms with Crippen molar-refractivity contribution >= 4 is 23.1 Å². The molecule has 0 saturated carbocycles. The number of methoxy groups -OCH3 is 2. The first-order chi connectivity index (χ1) is 18.0. The molecule has 1 amide bonds. The zero-order valence-electron chi connectivity index (χ0n) is 21.2. The number of hydrogen-bond donors (Lipinski definition) is 1. The molecule has 0 radical (unpaired) electrons. The van der Waals surface area contributed by atoms with Crippen molar-refractivity contribution in [2.45, 2.75) is 32.0 Å². The molecule has 0 aromatic heterocycles. The van der Waals surface area contributed by atoms with Crippen LogP contribution in [0.5, 0.6) is 11.5 Å². The zero-order valence-corrected chi connectivity index (χ0v) is 21.2. The van der Waals surface area contributed by atoms with Crippen LogP contribution >= 0.6 is 0 Å². The molecule has 0 spiro atoms. The quantitative estimate of drug-likeness (QED) is 0.227. The number of ether oxygens (including phenoxy) is 2. The maximum atomic E-state index is 13.4. The number of benzene rings is 3. The number of amides is 1. The third-order valence-electron chi connectivity index (χ3n) is 6.45. The molecule has 1 N–H and O–H groups in total. The minimum atomic E-state index is -4.57. The molecule has 0 bridgehead atoms. The number of carbonyl (C=O) groups excluding carboxylic acids is 2. The lowest BCUT2D eigenvalue weighted by Crippen LogP contribution is -2.29. The summed E-state index contributed by atoms with van der Waals surface area (Å²) in [6.07, 6.45) is -4.57. The van der Waals surface area contributed by atoms with Gasteiger partial charge in [-0.15, -0.1) is 0 Å². The first-order valence-electron chi connectivity index (χ1n) is 11.8. The average molecular weight is 526 g/mol. The lowest BCUT2D eigenvalue weighted by atomic mass is 9.93. The number of hydrogen-bond acceptors (Lipinski definition) is 5. The number of aliphatic hydroxyl groups is 1. The minimum Gasteiger partial charge on any atom is -0.507 e. The number of anilines is 1. The summed E-state index contributed by atoms with van der Waals surface area (Å²) in [6.45, 7) is 3.89. The van der Waals surface area contributed by atoms with Gasteiger partial charge in [-0.1, -0.05) is 26.0 Å². The largest absolute Gasteiger partial charge is 0.507 e. The Labute approximate surface area is 217 Å². The topological polar surface area (TPSA) is 76.1 Å². The van der Waals surface area contributed by atoms with Crippen molar-refractivity contribution in [1.29, 1.82) is 0 Å². The van der Waals surface area contributed by atoms with Gasteiger partial charge in [0.05, 0.1) is 31.4 Å². The van der Waals surface area contributed by atoms with Crippen molar-refractivity contribution in [2.75, 3.05) is 19.1 Å². The van der Waals surface area contributed by atoms with E-state index in [9.17, 15) is 27.9 Å². The number of aliphatic hydroxyl groups excluding tert-OH is 1. The monoisotopic (exact) mass is 525 g/mol. The summed E-state index contributed by atoms with van der Waals surface area (Å²) in [5, 5.41) is 11.4. The number of Topliss-reactive ketones (excluding diaryl/α,β-unsaturated/α-hetero) is 1. The summed E-state index contributed by atoms with van der Waals surface area (Å²) in [4.78, 5) is 27.8. The molecule has 6 nitrogen and oxygen atoms in total. The highest BCUT2D eigenvalue weighted by atomic mass is 19.4. The fourth-order valence-electron chi connectivity index (χ4n) is 4.53. The van der Waals surface area contributed by atoms with E-state index in [4.69, 9.17) is 9.47 Å². The van der Waals surface area contributed by atoms with Crippen LogP contribution < -0.4 is 14.4 Å². The van der Waals surface area contributed by atoms with E-state index in [-0.39, 0.29) is 17.2 Å². The van der Waals surface area contributed by atoms with Crippen molar-refractivity contribution in [1.82, 2.24) is 0 Å². The van der Waals surface area contributed by atoms with Gasteiger partial charge in [0, 0.05) is 11.3 Å². The first kappa shape index (κ1) is 26.8. The summed E-state index contributed by atoms with van der Waals surface area (Å²) in [5.41, 5.74) is 0.504. The van der Waals surface area contributed by atoms with Crippen LogP contribution in [-0.2, 0) is 15.8 Å². The van der Waals surface area contributed by atoms with Crippen LogP contribution in [0.3, 0.4) is 0 Å². The Morgan fingerprint density at radius 2 is 1.63 bits per heavy atom. The van der Waals surface area contributed by atoms with Crippen LogP contribution in [0.2, 0.25) is 0 Å². The van der Waals surface area contributed by atoms with Crippen LogP contribution in [0.4, 0.5) is 18.9 Å². The predicted octanol–water partition coefficient (Wildman–Crippen LogP) is 6.47. The molecular formula is C29H26F3NO5. The molecule has 1 heterocycles. The Hall–Kier alpha value is -4.27. The van der Waals surface area contributed by atoms with Crippen LogP contribution in [0.1, 0.15) is 48.1 Å². The first-order valence-corrected chi connectivity index (χ1v) is 11.8. The second-order valence-electron chi connectivity index (χ2n) is 9.10. The van der Waals surface area contributed by atoms with Gasteiger partial charge in [-0.05, 0) is 71.6 Å². The van der Waals surface area contributed by atoms with Crippen molar-refractivity contribution in [3.05, 3.63) is 94.6 Å². The molecule has 9 heteroatoms. The summed E-state index contributed by atoms with van der Waals surface area (Å²) in [7, 11) is 2.98. The number of halogens is 3. The predicted molar refractivity (Wildman–Crippen MR) is 136 cm³/mol. The fourth-order valence-corrected chi connectivity index (χ4v) is 4.53. The standard InChI is InChI=1S/C29H26F3NO5/c1-16(2)22-15-18(8-13-23(22)38-4)26(34)24-25(17-6-5-7-21(14-17)37-3)33(28(36)27(24)35)20-11-9-19(10-12-20)29(30,31)32/h5-16,25,34H,1-4H3/b26-24-. The Balaban J connectivity index is 1.93. The Kier molecular flexibility index (Phi) is 7.22. The van der Waals surface area contributed by atoms with Gasteiger partial charge in [0.1, 0.15) is 17.3 Å². The molecule has 0 aliphatic carbocycles. The molecule has 3 aromatic rings. The van der Waals surface area contributed by atoms with E-state index in [0.29, 0.717) is 22.6 Å². The maximum absolute atomic E-state index is 13.4. The number of rotatable bonds is 6. The molecule has 198 valence electrons. The maximum Gasteiger partial charge on any atom is 0.416 e. The highest BCUT2D eigenvalue weighted by Crippen LogP contribution is 2.44. The van der Waals surface area contributed by atoms with Gasteiger partial charge in [0.15, 0.2) is 0 Å². The van der Waals surface area contributed by atoms with Crippen molar-refractivity contribution in [2.24, 2.45) is 0 Å². The SMILES string of the molecule is COc1cccc(C2/C(=C(/O)c3ccc(OC)c(C(C)C)c3)C(=O)C(=O)N2c2ccc(C(F)(F)F)cc2)c1. The highest BCUT2D eigenvalue weighted by Gasteiger charge is 2.47. The molecule has 38 heavy (non-hydrogen) atoms. The third kappa shape index (κ3) is 4.83. The highest BCUT2D eigenvalue weighted by molar-refractivity contribution is 6.51. The van der Waals surface area contributed by atoms with Crippen LogP contribution in [0.25, 0.3) is 5.76 Å². The van der Waals surface area contributed by atoms with E-state index >= 15 is 0 Å². The van der Waals surface area contributed by atoms with E-state index in [1.165, 1.54) is 14.2 Å². The Morgan fingerprint density at radius 1 is 0.947 bits per heavy atom. The molecule has 1 aliphatic rings. The molecule has 1 atom stereocenters. The molecular weight excluding hydrogens is 499 g/mol. The normalized spacial score (nSPS) is 17.3. The fraction of sp³-hybridized carbons (Fsp3) is 0.241. The van der Waals surface area contributed by atoms with Crippen LogP contribution in [0.15, 0.2) is 72.3 Å². The van der Waals surface area contributed by atoms with E-state index in [1.807, 2.05) is 13.8 Å². The van der Waals surface area contributed by atoms with E-state index in [1.54, 1.807) is 42.5 Å². The molecule has 1 unspecified atom stereocenters. The zero-order chi connectivity index (χ0) is 27.8. The summed E-state index contributed by atoms with van der Waals surface area (Å²) in [5.74, 6) is -1.27. The molecule has 3 aromatic carbocycles. The number of carbonyl (C=O) groups is 2. The van der Waals surface area contributed by atoms with Gasteiger partial charge in [-0.25, -0.2) is 0 Å². The average Bonchev–Trinajstić information content (AvgIpc) is 3.17.